The van der Waals surface area contributed by atoms with Crippen molar-refractivity contribution in [2.75, 3.05) is 13.2 Å². The molecule has 0 aliphatic heterocycles. The van der Waals surface area contributed by atoms with Crippen LogP contribution in [0.15, 0.2) is 18.2 Å². The third kappa shape index (κ3) is 4.61. The van der Waals surface area contributed by atoms with E-state index in [0.717, 1.165) is 23.6 Å². The van der Waals surface area contributed by atoms with E-state index < -0.39 is 0 Å². The Morgan fingerprint density at radius 3 is 2.90 bits per heavy atom. The molecule has 1 aromatic carbocycles. The van der Waals surface area contributed by atoms with E-state index in [1.807, 2.05) is 25.1 Å². The second-order valence-corrected chi connectivity index (χ2v) is 5.85. The first-order valence-corrected chi connectivity index (χ1v) is 7.60. The van der Waals surface area contributed by atoms with Crippen LogP contribution in [0, 0.1) is 30.6 Å². The van der Waals surface area contributed by atoms with Gasteiger partial charge in [-0.1, -0.05) is 24.8 Å². The normalized spacial score (nSPS) is 15.0. The molecule has 0 bridgehead atoms. The molecule has 0 saturated heterocycles. The number of aliphatic hydroxyl groups excluding tert-OH is 1. The van der Waals surface area contributed by atoms with Gasteiger partial charge in [-0.25, -0.2) is 0 Å². The van der Waals surface area contributed by atoms with E-state index in [-0.39, 0.29) is 12.5 Å². The fourth-order valence-electron chi connectivity index (χ4n) is 2.35. The summed E-state index contributed by atoms with van der Waals surface area (Å²) < 4.78 is 0. The molecule has 0 aromatic heterocycles. The highest BCUT2D eigenvalue weighted by Gasteiger charge is 2.28. The molecule has 2 rings (SSSR count). The van der Waals surface area contributed by atoms with Crippen LogP contribution in [0.1, 0.15) is 47.7 Å². The number of rotatable bonds is 5. The van der Waals surface area contributed by atoms with Gasteiger partial charge >= 0.3 is 0 Å². The van der Waals surface area contributed by atoms with E-state index in [9.17, 15) is 4.79 Å². The van der Waals surface area contributed by atoms with Gasteiger partial charge < -0.3 is 10.4 Å². The van der Waals surface area contributed by atoms with Crippen molar-refractivity contribution in [2.24, 2.45) is 11.8 Å². The van der Waals surface area contributed by atoms with Gasteiger partial charge in [0.05, 0.1) is 12.2 Å². The van der Waals surface area contributed by atoms with Crippen molar-refractivity contribution in [1.29, 1.82) is 0 Å². The SMILES string of the molecule is Cc1ccc(C(=O)NCC(C)C2CC2)c(C#CCCO)c1. The highest BCUT2D eigenvalue weighted by atomic mass is 16.2. The average Bonchev–Trinajstić information content (AvgIpc) is 3.29. The predicted octanol–water partition coefficient (Wildman–Crippen LogP) is 2.50. The molecule has 112 valence electrons. The zero-order valence-electron chi connectivity index (χ0n) is 12.8. The van der Waals surface area contributed by atoms with Gasteiger partial charge in [0.25, 0.3) is 5.91 Å². The van der Waals surface area contributed by atoms with Crippen LogP contribution in [0.2, 0.25) is 0 Å². The number of aliphatic hydroxyl groups is 1. The summed E-state index contributed by atoms with van der Waals surface area (Å²) in [7, 11) is 0. The summed E-state index contributed by atoms with van der Waals surface area (Å²) in [6, 6.07) is 5.68. The minimum Gasteiger partial charge on any atom is -0.395 e. The Bertz CT molecular complexity index is 564. The number of hydrogen-bond donors (Lipinski definition) is 2. The topological polar surface area (TPSA) is 49.3 Å². The molecule has 2 N–H and O–H groups in total. The Labute approximate surface area is 126 Å². The molecular formula is C18H23NO2. The lowest BCUT2D eigenvalue weighted by Gasteiger charge is -2.12. The summed E-state index contributed by atoms with van der Waals surface area (Å²) in [5, 5.41) is 11.8. The van der Waals surface area contributed by atoms with Crippen molar-refractivity contribution in [3.8, 4) is 11.8 Å². The third-order valence-electron chi connectivity index (χ3n) is 3.89. The van der Waals surface area contributed by atoms with Gasteiger partial charge in [0.1, 0.15) is 0 Å². The predicted molar refractivity (Wildman–Crippen MR) is 84.0 cm³/mol. The van der Waals surface area contributed by atoms with E-state index in [0.29, 0.717) is 17.9 Å². The van der Waals surface area contributed by atoms with E-state index in [4.69, 9.17) is 5.11 Å². The Balaban J connectivity index is 2.06. The maximum Gasteiger partial charge on any atom is 0.252 e. The first-order chi connectivity index (χ1) is 10.1. The summed E-state index contributed by atoms with van der Waals surface area (Å²) in [4.78, 5) is 12.3. The van der Waals surface area contributed by atoms with Gasteiger partial charge in [-0.3, -0.25) is 4.79 Å². The summed E-state index contributed by atoms with van der Waals surface area (Å²) in [5.74, 6) is 7.14. The lowest BCUT2D eigenvalue weighted by Crippen LogP contribution is -2.29. The Hall–Kier alpha value is -1.79. The van der Waals surface area contributed by atoms with Crippen molar-refractivity contribution in [3.63, 3.8) is 0 Å². The van der Waals surface area contributed by atoms with Crippen molar-refractivity contribution < 1.29 is 9.90 Å². The highest BCUT2D eigenvalue weighted by molar-refractivity contribution is 5.96. The maximum absolute atomic E-state index is 12.3. The second kappa shape index (κ2) is 7.28. The molecule has 3 heteroatoms. The minimum absolute atomic E-state index is 0.0409. The maximum atomic E-state index is 12.3. The monoisotopic (exact) mass is 285 g/mol. The van der Waals surface area contributed by atoms with E-state index in [2.05, 4.69) is 24.1 Å². The standard InChI is InChI=1S/C18H23NO2/c1-13-6-9-17(16(11-13)5-3-4-10-20)18(21)19-12-14(2)15-7-8-15/h6,9,11,14-15,20H,4,7-8,10,12H2,1-2H3,(H,19,21). The summed E-state index contributed by atoms with van der Waals surface area (Å²) in [5.41, 5.74) is 2.43. The van der Waals surface area contributed by atoms with Crippen LogP contribution in [0.25, 0.3) is 0 Å². The van der Waals surface area contributed by atoms with Crippen LogP contribution < -0.4 is 5.32 Å². The van der Waals surface area contributed by atoms with Gasteiger partial charge in [0.2, 0.25) is 0 Å². The average molecular weight is 285 g/mol. The molecule has 0 radical (unpaired) electrons. The van der Waals surface area contributed by atoms with Crippen LogP contribution in [0.4, 0.5) is 0 Å². The summed E-state index contributed by atoms with van der Waals surface area (Å²) in [6.45, 7) is 4.93. The minimum atomic E-state index is -0.0594. The molecule has 1 aliphatic rings. The second-order valence-electron chi connectivity index (χ2n) is 5.85. The first-order valence-electron chi connectivity index (χ1n) is 7.60. The molecule has 1 saturated carbocycles. The fourth-order valence-corrected chi connectivity index (χ4v) is 2.35. The van der Waals surface area contributed by atoms with Gasteiger partial charge in [-0.05, 0) is 49.3 Å². The number of benzene rings is 1. The van der Waals surface area contributed by atoms with Crippen molar-refractivity contribution >= 4 is 5.91 Å². The molecule has 1 aliphatic carbocycles. The zero-order chi connectivity index (χ0) is 15.2. The molecule has 1 unspecified atom stereocenters. The van der Waals surface area contributed by atoms with Gasteiger partial charge in [-0.15, -0.1) is 0 Å². The van der Waals surface area contributed by atoms with Crippen molar-refractivity contribution in [1.82, 2.24) is 5.32 Å². The largest absolute Gasteiger partial charge is 0.395 e. The number of nitrogens with one attached hydrogen (secondary N) is 1. The molecule has 0 spiro atoms. The van der Waals surface area contributed by atoms with Crippen LogP contribution in [-0.4, -0.2) is 24.2 Å². The van der Waals surface area contributed by atoms with Gasteiger partial charge in [-0.2, -0.15) is 0 Å². The fraction of sp³-hybridized carbons (Fsp3) is 0.500. The quantitative estimate of drug-likeness (QED) is 0.817. The Morgan fingerprint density at radius 1 is 1.48 bits per heavy atom. The smallest absolute Gasteiger partial charge is 0.252 e. The molecule has 1 amide bonds. The number of carbonyl (C=O) groups excluding carboxylic acids is 1. The van der Waals surface area contributed by atoms with Crippen LogP contribution in [0.3, 0.4) is 0 Å². The molecule has 21 heavy (non-hydrogen) atoms. The molecule has 1 fully saturated rings. The number of hydrogen-bond acceptors (Lipinski definition) is 2. The number of carbonyl (C=O) groups is 1. The lowest BCUT2D eigenvalue weighted by atomic mass is 10.0. The van der Waals surface area contributed by atoms with Crippen LogP contribution in [0.5, 0.6) is 0 Å². The molecule has 1 aromatic rings. The Kier molecular flexibility index (Phi) is 5.41. The van der Waals surface area contributed by atoms with E-state index in [1.165, 1.54) is 12.8 Å². The highest BCUT2D eigenvalue weighted by Crippen LogP contribution is 2.36. The first kappa shape index (κ1) is 15.6. The van der Waals surface area contributed by atoms with Gasteiger partial charge in [0.15, 0.2) is 0 Å². The molecule has 1 atom stereocenters. The lowest BCUT2D eigenvalue weighted by molar-refractivity contribution is 0.0946. The van der Waals surface area contributed by atoms with E-state index in [1.54, 1.807) is 0 Å². The van der Waals surface area contributed by atoms with Crippen LogP contribution in [-0.2, 0) is 0 Å². The zero-order valence-corrected chi connectivity index (χ0v) is 12.8. The van der Waals surface area contributed by atoms with Crippen molar-refractivity contribution in [3.05, 3.63) is 34.9 Å². The molecule has 3 nitrogen and oxygen atoms in total. The van der Waals surface area contributed by atoms with Crippen molar-refractivity contribution in [2.45, 2.75) is 33.1 Å². The van der Waals surface area contributed by atoms with E-state index >= 15 is 0 Å². The molecular weight excluding hydrogens is 262 g/mol. The number of amides is 1. The summed E-state index contributed by atoms with van der Waals surface area (Å²) in [6.07, 6.45) is 3.01. The Morgan fingerprint density at radius 2 is 2.24 bits per heavy atom. The summed E-state index contributed by atoms with van der Waals surface area (Å²) >= 11 is 0. The van der Waals surface area contributed by atoms with Crippen LogP contribution >= 0.6 is 0 Å². The third-order valence-corrected chi connectivity index (χ3v) is 3.89. The van der Waals surface area contributed by atoms with Gasteiger partial charge in [0, 0.05) is 18.5 Å². The molecule has 0 heterocycles. The number of aryl methyl sites for hydroxylation is 1.